The van der Waals surface area contributed by atoms with Gasteiger partial charge in [0.2, 0.25) is 5.91 Å². The fourth-order valence-electron chi connectivity index (χ4n) is 6.22. The molecule has 0 bridgehead atoms. The Bertz CT molecular complexity index is 725. The summed E-state index contributed by atoms with van der Waals surface area (Å²) in [4.78, 5) is 18.7. The number of carbonyl (C=O) groups excluding carboxylic acids is 1. The highest BCUT2D eigenvalue weighted by atomic mass is 16.5. The Morgan fingerprint density at radius 3 is 2.77 bits per heavy atom. The van der Waals surface area contributed by atoms with E-state index in [0.717, 1.165) is 96.0 Å². The minimum absolute atomic E-state index is 0.210. The van der Waals surface area contributed by atoms with Gasteiger partial charge in [0, 0.05) is 37.9 Å². The predicted octanol–water partition coefficient (Wildman–Crippen LogP) is 2.29. The summed E-state index contributed by atoms with van der Waals surface area (Å²) in [6.07, 6.45) is 6.39. The molecule has 7 nitrogen and oxygen atoms in total. The number of piperidine rings is 1. The Hall–Kier alpha value is -1.44. The van der Waals surface area contributed by atoms with Crippen LogP contribution in [0.5, 0.6) is 0 Å². The van der Waals surface area contributed by atoms with Gasteiger partial charge in [0.1, 0.15) is 0 Å². The average molecular weight is 432 g/mol. The third-order valence-electron chi connectivity index (χ3n) is 8.19. The van der Waals surface area contributed by atoms with Crippen LogP contribution in [0.4, 0.5) is 0 Å². The van der Waals surface area contributed by atoms with Gasteiger partial charge < -0.3 is 15.0 Å². The lowest BCUT2D eigenvalue weighted by molar-refractivity contribution is -0.144. The number of likely N-dealkylation sites (tertiary alicyclic amines) is 1. The van der Waals surface area contributed by atoms with Crippen molar-refractivity contribution in [3.8, 4) is 0 Å². The fourth-order valence-corrected chi connectivity index (χ4v) is 6.22. The van der Waals surface area contributed by atoms with E-state index in [0.29, 0.717) is 17.9 Å². The Kier molecular flexibility index (Phi) is 7.34. The van der Waals surface area contributed by atoms with Crippen LogP contribution in [0.25, 0.3) is 0 Å². The van der Waals surface area contributed by atoms with Crippen molar-refractivity contribution >= 4 is 5.91 Å². The lowest BCUT2D eigenvalue weighted by atomic mass is 9.61. The predicted molar refractivity (Wildman–Crippen MR) is 122 cm³/mol. The Balaban J connectivity index is 1.37. The highest BCUT2D eigenvalue weighted by molar-refractivity contribution is 5.83. The number of aromatic nitrogens is 2. The van der Waals surface area contributed by atoms with E-state index < -0.39 is 0 Å². The summed E-state index contributed by atoms with van der Waals surface area (Å²) < 4.78 is 5.56. The molecule has 4 rings (SSSR count). The Morgan fingerprint density at radius 2 is 2.06 bits per heavy atom. The number of aromatic amines is 1. The highest BCUT2D eigenvalue weighted by Gasteiger charge is 2.52. The van der Waals surface area contributed by atoms with Crippen molar-refractivity contribution in [1.82, 2.24) is 25.3 Å². The quantitative estimate of drug-likeness (QED) is 0.648. The molecule has 1 amide bonds. The molecular weight excluding hydrogens is 390 g/mol. The molecule has 1 aromatic rings. The molecule has 31 heavy (non-hydrogen) atoms. The number of amides is 1. The molecule has 0 unspecified atom stereocenters. The lowest BCUT2D eigenvalue weighted by Gasteiger charge is -2.53. The van der Waals surface area contributed by atoms with Gasteiger partial charge in [-0.3, -0.25) is 14.8 Å². The summed E-state index contributed by atoms with van der Waals surface area (Å²) in [7, 11) is 0. The van der Waals surface area contributed by atoms with Crippen molar-refractivity contribution in [2.24, 2.45) is 11.3 Å². The second-order valence-electron chi connectivity index (χ2n) is 9.86. The Morgan fingerprint density at radius 1 is 1.26 bits per heavy atom. The van der Waals surface area contributed by atoms with Crippen LogP contribution in [0.2, 0.25) is 0 Å². The lowest BCUT2D eigenvalue weighted by Crippen LogP contribution is -2.60. The van der Waals surface area contributed by atoms with Crippen LogP contribution in [0, 0.1) is 25.2 Å². The molecule has 3 heterocycles. The molecule has 1 aromatic heterocycles. The average Bonchev–Trinajstić information content (AvgIpc) is 3.13. The van der Waals surface area contributed by atoms with Crippen LogP contribution in [-0.4, -0.2) is 84.4 Å². The standard InChI is InChI=1S/C24H41N5O2/c1-4-28-11-8-20-16-21(29-12-14-31-15-13-29)7-9-24(20,17-28)23(30)25-10-5-6-22-18(2)26-27-19(22)3/h20-21H,4-17H2,1-3H3,(H,25,30)(H,26,27)/t20-,21+,24-/m1/s1. The van der Waals surface area contributed by atoms with Crippen LogP contribution in [0.1, 0.15) is 56.0 Å². The van der Waals surface area contributed by atoms with Gasteiger partial charge in [-0.2, -0.15) is 5.10 Å². The van der Waals surface area contributed by atoms with E-state index in [9.17, 15) is 4.79 Å². The SMILES string of the molecule is CCN1CC[C@@H]2C[C@@H](N3CCOCC3)CC[C@@]2(C(=O)NCCCc2c(C)n[nH]c2C)C1. The van der Waals surface area contributed by atoms with Crippen LogP contribution in [0.3, 0.4) is 0 Å². The zero-order valence-corrected chi connectivity index (χ0v) is 19.7. The molecule has 1 saturated carbocycles. The number of morpholine rings is 1. The number of H-pyrrole nitrogens is 1. The molecule has 2 aliphatic heterocycles. The Labute approximate surface area is 187 Å². The van der Waals surface area contributed by atoms with Crippen molar-refractivity contribution in [3.63, 3.8) is 0 Å². The number of nitrogens with one attached hydrogen (secondary N) is 2. The summed E-state index contributed by atoms with van der Waals surface area (Å²) in [5.74, 6) is 0.798. The first-order chi connectivity index (χ1) is 15.0. The molecule has 3 aliphatic rings. The molecule has 3 fully saturated rings. The van der Waals surface area contributed by atoms with Crippen LogP contribution in [0.15, 0.2) is 0 Å². The number of hydrogen-bond acceptors (Lipinski definition) is 5. The maximum Gasteiger partial charge on any atom is 0.227 e. The van der Waals surface area contributed by atoms with Gasteiger partial charge in [0.05, 0.1) is 24.3 Å². The molecular formula is C24H41N5O2. The number of aryl methyl sites for hydroxylation is 2. The van der Waals surface area contributed by atoms with Gasteiger partial charge in [0.15, 0.2) is 0 Å². The number of fused-ring (bicyclic) bond motifs is 1. The van der Waals surface area contributed by atoms with Crippen molar-refractivity contribution in [1.29, 1.82) is 0 Å². The summed E-state index contributed by atoms with van der Waals surface area (Å²) in [5.41, 5.74) is 3.31. The molecule has 0 radical (unpaired) electrons. The van der Waals surface area contributed by atoms with E-state index >= 15 is 0 Å². The minimum atomic E-state index is -0.210. The van der Waals surface area contributed by atoms with Gasteiger partial charge in [0.25, 0.3) is 0 Å². The highest BCUT2D eigenvalue weighted by Crippen LogP contribution is 2.47. The summed E-state index contributed by atoms with van der Waals surface area (Å²) in [5, 5.41) is 10.7. The van der Waals surface area contributed by atoms with Crippen molar-refractivity contribution in [2.75, 3.05) is 52.5 Å². The van der Waals surface area contributed by atoms with Crippen LogP contribution >= 0.6 is 0 Å². The topological polar surface area (TPSA) is 73.5 Å². The van der Waals surface area contributed by atoms with E-state index in [1.165, 1.54) is 12.0 Å². The van der Waals surface area contributed by atoms with Gasteiger partial charge >= 0.3 is 0 Å². The van der Waals surface area contributed by atoms with Gasteiger partial charge in [-0.15, -0.1) is 0 Å². The maximum atomic E-state index is 13.6. The van der Waals surface area contributed by atoms with E-state index in [1.807, 2.05) is 0 Å². The summed E-state index contributed by atoms with van der Waals surface area (Å²) >= 11 is 0. The smallest absolute Gasteiger partial charge is 0.227 e. The van der Waals surface area contributed by atoms with E-state index in [-0.39, 0.29) is 5.41 Å². The van der Waals surface area contributed by atoms with Gasteiger partial charge in [-0.25, -0.2) is 0 Å². The first kappa shape index (κ1) is 22.7. The maximum absolute atomic E-state index is 13.6. The summed E-state index contributed by atoms with van der Waals surface area (Å²) in [6.45, 7) is 14.0. The third kappa shape index (κ3) is 4.83. The first-order valence-corrected chi connectivity index (χ1v) is 12.4. The van der Waals surface area contributed by atoms with E-state index in [4.69, 9.17) is 4.74 Å². The molecule has 0 spiro atoms. The number of nitrogens with zero attached hydrogens (tertiary/aromatic N) is 3. The van der Waals surface area contributed by atoms with E-state index in [1.54, 1.807) is 0 Å². The van der Waals surface area contributed by atoms with E-state index in [2.05, 4.69) is 46.1 Å². The molecule has 0 aromatic carbocycles. The largest absolute Gasteiger partial charge is 0.379 e. The molecule has 2 N–H and O–H groups in total. The second-order valence-corrected chi connectivity index (χ2v) is 9.86. The number of hydrogen-bond donors (Lipinski definition) is 2. The number of rotatable bonds is 7. The minimum Gasteiger partial charge on any atom is -0.379 e. The normalized spacial score (nSPS) is 30.2. The second kappa shape index (κ2) is 10.0. The number of ether oxygens (including phenoxy) is 1. The third-order valence-corrected chi connectivity index (χ3v) is 8.19. The fraction of sp³-hybridized carbons (Fsp3) is 0.833. The molecule has 3 atom stereocenters. The zero-order valence-electron chi connectivity index (χ0n) is 19.7. The first-order valence-electron chi connectivity index (χ1n) is 12.4. The van der Waals surface area contributed by atoms with Gasteiger partial charge in [-0.05, 0) is 76.9 Å². The van der Waals surface area contributed by atoms with Gasteiger partial charge in [-0.1, -0.05) is 6.92 Å². The van der Waals surface area contributed by atoms with Crippen LogP contribution < -0.4 is 5.32 Å². The molecule has 174 valence electrons. The zero-order chi connectivity index (χ0) is 21.8. The van der Waals surface area contributed by atoms with Crippen molar-refractivity contribution in [2.45, 2.75) is 65.3 Å². The summed E-state index contributed by atoms with van der Waals surface area (Å²) in [6, 6.07) is 0.620. The molecule has 1 aliphatic carbocycles. The van der Waals surface area contributed by atoms with Crippen molar-refractivity contribution < 1.29 is 9.53 Å². The van der Waals surface area contributed by atoms with Crippen LogP contribution in [-0.2, 0) is 16.0 Å². The van der Waals surface area contributed by atoms with Crippen molar-refractivity contribution in [3.05, 3.63) is 17.0 Å². The molecule has 2 saturated heterocycles. The monoisotopic (exact) mass is 431 g/mol. The molecule has 7 heteroatoms. The number of carbonyl (C=O) groups is 1.